The fraction of sp³-hybridized carbons (Fsp3) is 0.0870. The number of rotatable bonds is 5. The predicted molar refractivity (Wildman–Crippen MR) is 114 cm³/mol. The molecule has 142 valence electrons. The lowest BCUT2D eigenvalue weighted by molar-refractivity contribution is 0.103. The molecule has 0 bridgehead atoms. The first kappa shape index (κ1) is 17.2. The molecule has 0 radical (unpaired) electrons. The summed E-state index contributed by atoms with van der Waals surface area (Å²) in [5, 5.41) is 16.9. The van der Waals surface area contributed by atoms with Crippen LogP contribution in [-0.4, -0.2) is 25.8 Å². The molecule has 0 saturated carbocycles. The molecule has 2 aromatic heterocycles. The number of hydrogen-bond acceptors (Lipinski definition) is 4. The highest BCUT2D eigenvalue weighted by Gasteiger charge is 2.20. The van der Waals surface area contributed by atoms with Crippen LogP contribution < -0.4 is 5.32 Å². The van der Waals surface area contributed by atoms with Crippen molar-refractivity contribution in [3.05, 3.63) is 89.7 Å². The maximum absolute atomic E-state index is 13.3. The third kappa shape index (κ3) is 3.04. The number of carbonyl (C=O) groups excluding carboxylic acids is 1. The van der Waals surface area contributed by atoms with Crippen molar-refractivity contribution in [3.63, 3.8) is 0 Å². The average Bonchev–Trinajstić information content (AvgIpc) is 3.36. The van der Waals surface area contributed by atoms with Crippen LogP contribution in [0.25, 0.3) is 21.8 Å². The minimum Gasteiger partial charge on any atom is -0.380 e. The molecule has 0 amide bonds. The molecule has 2 heterocycles. The van der Waals surface area contributed by atoms with Crippen molar-refractivity contribution >= 4 is 33.3 Å². The van der Waals surface area contributed by atoms with E-state index in [9.17, 15) is 4.79 Å². The van der Waals surface area contributed by atoms with E-state index in [-0.39, 0.29) is 5.78 Å². The number of fused-ring (bicyclic) bond motifs is 2. The number of hydrogen-bond donors (Lipinski definition) is 2. The number of para-hydroxylation sites is 2. The summed E-state index contributed by atoms with van der Waals surface area (Å²) in [6.07, 6.45) is 1.80. The van der Waals surface area contributed by atoms with Gasteiger partial charge in [0.05, 0.1) is 17.2 Å². The van der Waals surface area contributed by atoms with Gasteiger partial charge in [0.15, 0.2) is 0 Å². The lowest BCUT2D eigenvalue weighted by atomic mass is 10.0. The quantitative estimate of drug-likeness (QED) is 0.445. The van der Waals surface area contributed by atoms with Crippen LogP contribution in [-0.2, 0) is 13.6 Å². The maximum atomic E-state index is 13.3. The molecular formula is C23H19N5O. The second-order valence-electron chi connectivity index (χ2n) is 7.01. The molecule has 0 unspecified atom stereocenters. The summed E-state index contributed by atoms with van der Waals surface area (Å²) in [5.41, 5.74) is 4.90. The number of anilines is 1. The van der Waals surface area contributed by atoms with Crippen molar-refractivity contribution < 1.29 is 4.79 Å². The van der Waals surface area contributed by atoms with E-state index in [0.717, 1.165) is 33.1 Å². The Hall–Kier alpha value is -3.93. The second-order valence-corrected chi connectivity index (χ2v) is 7.01. The van der Waals surface area contributed by atoms with Gasteiger partial charge in [0.1, 0.15) is 5.69 Å². The van der Waals surface area contributed by atoms with Gasteiger partial charge in [-0.1, -0.05) is 42.5 Å². The number of carbonyl (C=O) groups is 1. The van der Waals surface area contributed by atoms with Gasteiger partial charge in [-0.15, -0.1) is 0 Å². The molecule has 0 saturated heterocycles. The van der Waals surface area contributed by atoms with E-state index in [1.165, 1.54) is 0 Å². The minimum atomic E-state index is -0.0890. The van der Waals surface area contributed by atoms with Gasteiger partial charge in [0, 0.05) is 35.6 Å². The molecule has 3 aromatic carbocycles. The smallest absolute Gasteiger partial charge is 0.215 e. The summed E-state index contributed by atoms with van der Waals surface area (Å²) in [7, 11) is 1.86. The summed E-state index contributed by atoms with van der Waals surface area (Å²) < 4.78 is 1.75. The van der Waals surface area contributed by atoms with Crippen LogP contribution in [0.2, 0.25) is 0 Å². The summed E-state index contributed by atoms with van der Waals surface area (Å²) in [4.78, 5) is 13.3. The SMILES string of the molecule is Cn1nc(C(=O)c2ccccc2NCc2ccc3cn[nH]c3c2)c2ccccc21. The first-order valence-corrected chi connectivity index (χ1v) is 9.42. The Labute approximate surface area is 167 Å². The van der Waals surface area contributed by atoms with Crippen LogP contribution in [0, 0.1) is 0 Å². The number of H-pyrrole nitrogens is 1. The van der Waals surface area contributed by atoms with Crippen molar-refractivity contribution in [1.29, 1.82) is 0 Å². The van der Waals surface area contributed by atoms with Gasteiger partial charge in [-0.25, -0.2) is 0 Å². The van der Waals surface area contributed by atoms with E-state index in [1.807, 2.05) is 61.6 Å². The number of benzene rings is 3. The number of aryl methyl sites for hydroxylation is 1. The van der Waals surface area contributed by atoms with Gasteiger partial charge >= 0.3 is 0 Å². The topological polar surface area (TPSA) is 75.6 Å². The van der Waals surface area contributed by atoms with Gasteiger partial charge in [0.2, 0.25) is 5.78 Å². The Morgan fingerprint density at radius 3 is 2.83 bits per heavy atom. The lowest BCUT2D eigenvalue weighted by Crippen LogP contribution is -2.09. The van der Waals surface area contributed by atoms with Gasteiger partial charge < -0.3 is 5.32 Å². The second kappa shape index (κ2) is 6.91. The van der Waals surface area contributed by atoms with Crippen LogP contribution in [0.5, 0.6) is 0 Å². The van der Waals surface area contributed by atoms with Crippen LogP contribution in [0.1, 0.15) is 21.6 Å². The van der Waals surface area contributed by atoms with Crippen LogP contribution in [0.4, 0.5) is 5.69 Å². The number of aromatic amines is 1. The largest absolute Gasteiger partial charge is 0.380 e. The molecule has 0 aliphatic carbocycles. The fourth-order valence-electron chi connectivity index (χ4n) is 3.64. The van der Waals surface area contributed by atoms with E-state index in [2.05, 4.69) is 32.7 Å². The first-order valence-electron chi connectivity index (χ1n) is 9.42. The van der Waals surface area contributed by atoms with Crippen LogP contribution in [0.15, 0.2) is 72.9 Å². The standard InChI is InChI=1S/C23H19N5O/c1-28-21-9-5-3-7-18(21)22(27-28)23(29)17-6-2-4-8-19(17)24-13-15-10-11-16-14-25-26-20(16)12-15/h2-12,14,24H,13H2,1H3,(H,25,26). The fourth-order valence-corrected chi connectivity index (χ4v) is 3.64. The average molecular weight is 381 g/mol. The Balaban J connectivity index is 1.46. The molecular weight excluding hydrogens is 362 g/mol. The van der Waals surface area contributed by atoms with Crippen molar-refractivity contribution in [3.8, 4) is 0 Å². The summed E-state index contributed by atoms with van der Waals surface area (Å²) in [6.45, 7) is 0.599. The van der Waals surface area contributed by atoms with Crippen molar-refractivity contribution in [1.82, 2.24) is 20.0 Å². The van der Waals surface area contributed by atoms with Gasteiger partial charge in [0.25, 0.3) is 0 Å². The van der Waals surface area contributed by atoms with Gasteiger partial charge in [-0.2, -0.15) is 10.2 Å². The molecule has 2 N–H and O–H groups in total. The highest BCUT2D eigenvalue weighted by molar-refractivity contribution is 6.17. The van der Waals surface area contributed by atoms with E-state index in [1.54, 1.807) is 10.9 Å². The zero-order valence-corrected chi connectivity index (χ0v) is 15.9. The molecule has 5 aromatic rings. The van der Waals surface area contributed by atoms with E-state index in [0.29, 0.717) is 17.8 Å². The molecule has 0 aliphatic rings. The van der Waals surface area contributed by atoms with Gasteiger partial charge in [-0.05, 0) is 29.8 Å². The number of aromatic nitrogens is 4. The summed E-state index contributed by atoms with van der Waals surface area (Å²) >= 11 is 0. The van der Waals surface area contributed by atoms with Crippen molar-refractivity contribution in [2.24, 2.45) is 7.05 Å². The third-order valence-electron chi connectivity index (χ3n) is 5.13. The zero-order chi connectivity index (χ0) is 19.8. The summed E-state index contributed by atoms with van der Waals surface area (Å²) in [5.74, 6) is -0.0890. The van der Waals surface area contributed by atoms with Crippen molar-refractivity contribution in [2.45, 2.75) is 6.54 Å². The Morgan fingerprint density at radius 2 is 1.90 bits per heavy atom. The third-order valence-corrected chi connectivity index (χ3v) is 5.13. The molecule has 0 atom stereocenters. The van der Waals surface area contributed by atoms with Crippen LogP contribution in [0.3, 0.4) is 0 Å². The van der Waals surface area contributed by atoms with Gasteiger partial charge in [-0.3, -0.25) is 14.6 Å². The molecule has 5 rings (SSSR count). The normalized spacial score (nSPS) is 11.2. The number of nitrogens with one attached hydrogen (secondary N) is 2. The Bertz CT molecular complexity index is 1350. The monoisotopic (exact) mass is 381 g/mol. The molecule has 6 nitrogen and oxygen atoms in total. The first-order chi connectivity index (χ1) is 14.2. The van der Waals surface area contributed by atoms with E-state index < -0.39 is 0 Å². The highest BCUT2D eigenvalue weighted by Crippen LogP contribution is 2.25. The van der Waals surface area contributed by atoms with E-state index in [4.69, 9.17) is 0 Å². The molecule has 0 fully saturated rings. The summed E-state index contributed by atoms with van der Waals surface area (Å²) in [6, 6.07) is 21.5. The zero-order valence-electron chi connectivity index (χ0n) is 15.9. The van der Waals surface area contributed by atoms with Crippen molar-refractivity contribution in [2.75, 3.05) is 5.32 Å². The maximum Gasteiger partial charge on any atom is 0.215 e. The van der Waals surface area contributed by atoms with Crippen LogP contribution >= 0.6 is 0 Å². The lowest BCUT2D eigenvalue weighted by Gasteiger charge is -2.11. The minimum absolute atomic E-state index is 0.0890. The Kier molecular flexibility index (Phi) is 4.09. The molecule has 0 aliphatic heterocycles. The molecule has 0 spiro atoms. The Morgan fingerprint density at radius 1 is 1.07 bits per heavy atom. The number of nitrogens with zero attached hydrogens (tertiary/aromatic N) is 3. The van der Waals surface area contributed by atoms with E-state index >= 15 is 0 Å². The highest BCUT2D eigenvalue weighted by atomic mass is 16.1. The molecule has 29 heavy (non-hydrogen) atoms. The number of ketones is 1. The molecule has 6 heteroatoms. The predicted octanol–water partition coefficient (Wildman–Crippen LogP) is 4.29.